The van der Waals surface area contributed by atoms with Gasteiger partial charge in [-0.2, -0.15) is 4.98 Å². The summed E-state index contributed by atoms with van der Waals surface area (Å²) in [5.41, 5.74) is 0.815. The molecule has 0 aromatic carbocycles. The van der Waals surface area contributed by atoms with E-state index in [9.17, 15) is 4.79 Å². The molecule has 0 N–H and O–H groups in total. The van der Waals surface area contributed by atoms with Gasteiger partial charge in [-0.25, -0.2) is 4.98 Å². The normalized spacial score (nSPS) is 21.0. The van der Waals surface area contributed by atoms with Gasteiger partial charge in [-0.05, 0) is 6.92 Å². The van der Waals surface area contributed by atoms with Gasteiger partial charge in [0.15, 0.2) is 5.82 Å². The number of aromatic nitrogens is 3. The van der Waals surface area contributed by atoms with Crippen molar-refractivity contribution in [3.63, 3.8) is 0 Å². The predicted octanol–water partition coefficient (Wildman–Crippen LogP) is 2.49. The van der Waals surface area contributed by atoms with Crippen molar-refractivity contribution >= 4 is 17.2 Å². The van der Waals surface area contributed by atoms with Crippen molar-refractivity contribution in [1.29, 1.82) is 0 Å². The van der Waals surface area contributed by atoms with Crippen molar-refractivity contribution in [3.05, 3.63) is 27.8 Å². The molecule has 130 valence electrons. The minimum Gasteiger partial charge on any atom is -0.380 e. The first-order chi connectivity index (χ1) is 11.5. The largest absolute Gasteiger partial charge is 0.380 e. The van der Waals surface area contributed by atoms with Gasteiger partial charge in [0, 0.05) is 31.4 Å². The van der Waals surface area contributed by atoms with E-state index in [1.807, 2.05) is 5.38 Å². The average Bonchev–Trinajstić information content (AvgIpc) is 3.25. The van der Waals surface area contributed by atoms with E-state index in [4.69, 9.17) is 9.26 Å². The Labute approximate surface area is 145 Å². The van der Waals surface area contributed by atoms with Crippen molar-refractivity contribution in [2.75, 3.05) is 13.7 Å². The van der Waals surface area contributed by atoms with Crippen molar-refractivity contribution < 1.29 is 14.1 Å². The SMILES string of the molecule is CO[C@@H]1C[C@H](c2nc(C)no2)N(C(=O)Cc2csc(C(C)C)n2)C1. The number of ether oxygens (including phenoxy) is 1. The maximum atomic E-state index is 12.8. The number of carbonyl (C=O) groups is 1. The molecule has 1 fully saturated rings. The first-order valence-corrected chi connectivity index (χ1v) is 8.92. The van der Waals surface area contributed by atoms with Gasteiger partial charge in [0.1, 0.15) is 6.04 Å². The summed E-state index contributed by atoms with van der Waals surface area (Å²) >= 11 is 1.60. The minimum atomic E-state index is -0.230. The minimum absolute atomic E-state index is 0.0102. The number of rotatable bonds is 5. The smallest absolute Gasteiger partial charge is 0.249 e. The summed E-state index contributed by atoms with van der Waals surface area (Å²) in [5, 5.41) is 6.85. The van der Waals surface area contributed by atoms with Gasteiger partial charge in [-0.3, -0.25) is 4.79 Å². The fourth-order valence-corrected chi connectivity index (χ4v) is 3.69. The summed E-state index contributed by atoms with van der Waals surface area (Å²) in [6, 6.07) is -0.230. The molecule has 1 aliphatic rings. The predicted molar refractivity (Wildman–Crippen MR) is 88.8 cm³/mol. The van der Waals surface area contributed by atoms with Crippen LogP contribution >= 0.6 is 11.3 Å². The Morgan fingerprint density at radius 2 is 2.29 bits per heavy atom. The van der Waals surface area contributed by atoms with Gasteiger partial charge in [0.2, 0.25) is 11.8 Å². The molecule has 0 spiro atoms. The molecule has 7 nitrogen and oxygen atoms in total. The molecule has 2 aromatic heterocycles. The second kappa shape index (κ2) is 6.98. The maximum Gasteiger partial charge on any atom is 0.249 e. The van der Waals surface area contributed by atoms with Crippen LogP contribution in [0.1, 0.15) is 54.6 Å². The lowest BCUT2D eigenvalue weighted by molar-refractivity contribution is -0.132. The number of methoxy groups -OCH3 is 1. The number of hydrogen-bond donors (Lipinski definition) is 0. The van der Waals surface area contributed by atoms with Gasteiger partial charge < -0.3 is 14.2 Å². The number of likely N-dealkylation sites (tertiary alicyclic amines) is 1. The third kappa shape index (κ3) is 3.49. The summed E-state index contributed by atoms with van der Waals surface area (Å²) in [7, 11) is 1.66. The molecule has 0 radical (unpaired) electrons. The highest BCUT2D eigenvalue weighted by Gasteiger charge is 2.39. The van der Waals surface area contributed by atoms with Gasteiger partial charge in [-0.15, -0.1) is 11.3 Å². The molecule has 0 aliphatic carbocycles. The third-order valence-corrected chi connectivity index (χ3v) is 5.33. The highest BCUT2D eigenvalue weighted by atomic mass is 32.1. The maximum absolute atomic E-state index is 12.8. The second-order valence-electron chi connectivity index (χ2n) is 6.34. The van der Waals surface area contributed by atoms with Gasteiger partial charge in [0.05, 0.1) is 23.2 Å². The molecular weight excluding hydrogens is 328 g/mol. The van der Waals surface area contributed by atoms with Crippen LogP contribution in [0.25, 0.3) is 0 Å². The Balaban J connectivity index is 1.75. The number of nitrogens with zero attached hydrogens (tertiary/aromatic N) is 4. The molecule has 1 saturated heterocycles. The van der Waals surface area contributed by atoms with E-state index < -0.39 is 0 Å². The Morgan fingerprint density at radius 3 is 2.88 bits per heavy atom. The number of amides is 1. The zero-order valence-electron chi connectivity index (χ0n) is 14.4. The molecule has 1 amide bonds. The summed E-state index contributed by atoms with van der Waals surface area (Å²) in [6.07, 6.45) is 0.925. The first-order valence-electron chi connectivity index (χ1n) is 8.04. The monoisotopic (exact) mass is 350 g/mol. The molecule has 0 unspecified atom stereocenters. The van der Waals surface area contributed by atoms with Crippen LogP contribution in [0, 0.1) is 6.92 Å². The van der Waals surface area contributed by atoms with E-state index in [0.29, 0.717) is 30.6 Å². The van der Waals surface area contributed by atoms with Crippen molar-refractivity contribution in [1.82, 2.24) is 20.0 Å². The van der Waals surface area contributed by atoms with Gasteiger partial charge >= 0.3 is 0 Å². The van der Waals surface area contributed by atoms with Crippen LogP contribution in [0.4, 0.5) is 0 Å². The lowest BCUT2D eigenvalue weighted by Crippen LogP contribution is -2.33. The standard InChI is InChI=1S/C16H22N4O3S/c1-9(2)16-18-11(8-24-16)5-14(21)20-7-12(22-4)6-13(20)15-17-10(3)19-23-15/h8-9,12-13H,5-7H2,1-4H3/t12-,13-/m1/s1. The summed E-state index contributed by atoms with van der Waals surface area (Å²) in [4.78, 5) is 23.4. The van der Waals surface area contributed by atoms with Gasteiger partial charge in [-0.1, -0.05) is 19.0 Å². The molecule has 3 heterocycles. The summed E-state index contributed by atoms with van der Waals surface area (Å²) in [6.45, 7) is 6.50. The van der Waals surface area contributed by atoms with Crippen molar-refractivity contribution in [3.8, 4) is 0 Å². The lowest BCUT2D eigenvalue weighted by atomic mass is 10.2. The zero-order valence-corrected chi connectivity index (χ0v) is 15.2. The lowest BCUT2D eigenvalue weighted by Gasteiger charge is -2.21. The zero-order chi connectivity index (χ0) is 17.3. The Morgan fingerprint density at radius 1 is 1.50 bits per heavy atom. The summed E-state index contributed by atoms with van der Waals surface area (Å²) in [5.74, 6) is 1.43. The fourth-order valence-electron chi connectivity index (χ4n) is 2.85. The van der Waals surface area contributed by atoms with Crippen LogP contribution in [0.5, 0.6) is 0 Å². The highest BCUT2D eigenvalue weighted by Crippen LogP contribution is 2.33. The van der Waals surface area contributed by atoms with Crippen LogP contribution in [0.3, 0.4) is 0 Å². The fraction of sp³-hybridized carbons (Fsp3) is 0.625. The highest BCUT2D eigenvalue weighted by molar-refractivity contribution is 7.09. The van der Waals surface area contributed by atoms with Crippen LogP contribution in [-0.2, 0) is 16.0 Å². The second-order valence-corrected chi connectivity index (χ2v) is 7.23. The Hall–Kier alpha value is -1.80. The van der Waals surface area contributed by atoms with E-state index >= 15 is 0 Å². The molecule has 24 heavy (non-hydrogen) atoms. The van der Waals surface area contributed by atoms with Crippen molar-refractivity contribution in [2.24, 2.45) is 0 Å². The molecular formula is C16H22N4O3S. The van der Waals surface area contributed by atoms with Gasteiger partial charge in [0.25, 0.3) is 0 Å². The van der Waals surface area contributed by atoms with E-state index in [1.165, 1.54) is 0 Å². The quantitative estimate of drug-likeness (QED) is 0.824. The van der Waals surface area contributed by atoms with Crippen LogP contribution < -0.4 is 0 Å². The number of carbonyl (C=O) groups excluding carboxylic acids is 1. The van der Waals surface area contributed by atoms with Crippen LogP contribution in [0.2, 0.25) is 0 Å². The number of aryl methyl sites for hydroxylation is 1. The van der Waals surface area contributed by atoms with E-state index in [0.717, 1.165) is 10.7 Å². The molecule has 0 bridgehead atoms. The first kappa shape index (κ1) is 17.0. The van der Waals surface area contributed by atoms with E-state index in [-0.39, 0.29) is 24.5 Å². The molecule has 3 rings (SSSR count). The molecule has 8 heteroatoms. The third-order valence-electron chi connectivity index (χ3n) is 4.14. The number of hydrogen-bond acceptors (Lipinski definition) is 7. The van der Waals surface area contributed by atoms with Crippen LogP contribution in [0.15, 0.2) is 9.90 Å². The summed E-state index contributed by atoms with van der Waals surface area (Å²) < 4.78 is 10.7. The van der Waals surface area contributed by atoms with Crippen molar-refractivity contribution in [2.45, 2.75) is 51.7 Å². The molecule has 1 aliphatic heterocycles. The average molecular weight is 350 g/mol. The van der Waals surface area contributed by atoms with Crippen LogP contribution in [-0.4, -0.2) is 45.7 Å². The van der Waals surface area contributed by atoms with E-state index in [2.05, 4.69) is 29.0 Å². The molecule has 2 atom stereocenters. The Kier molecular flexibility index (Phi) is 4.96. The van der Waals surface area contributed by atoms with E-state index in [1.54, 1.807) is 30.3 Å². The number of thiazole rings is 1. The topological polar surface area (TPSA) is 81.4 Å². The molecule has 0 saturated carbocycles. The Bertz CT molecular complexity index is 712. The molecule has 2 aromatic rings.